The number of carboxylic acids is 2. The van der Waals surface area contributed by atoms with Crippen molar-refractivity contribution in [2.45, 2.75) is 6.10 Å². The zero-order valence-corrected chi connectivity index (χ0v) is 5.95. The van der Waals surface area contributed by atoms with Crippen LogP contribution in [0, 0.1) is 0 Å². The summed E-state index contributed by atoms with van der Waals surface area (Å²) in [5, 5.41) is 24.0. The first-order chi connectivity index (χ1) is 4.95. The van der Waals surface area contributed by atoms with E-state index in [9.17, 15) is 9.59 Å². The van der Waals surface area contributed by atoms with Crippen LogP contribution in [0.25, 0.3) is 0 Å². The molecule has 5 nitrogen and oxygen atoms in total. The van der Waals surface area contributed by atoms with Gasteiger partial charge in [0, 0.05) is 0 Å². The van der Waals surface area contributed by atoms with Crippen LogP contribution in [0.3, 0.4) is 0 Å². The minimum Gasteiger partial charge on any atom is -0.479 e. The van der Waals surface area contributed by atoms with E-state index < -0.39 is 23.1 Å². The molecule has 11 heavy (non-hydrogen) atoms. The number of carboxylic acid groups (broad SMARTS) is 2. The number of aliphatic carboxylic acids is 2. The van der Waals surface area contributed by atoms with E-state index >= 15 is 0 Å². The van der Waals surface area contributed by atoms with Crippen LogP contribution in [0.4, 0.5) is 0 Å². The van der Waals surface area contributed by atoms with Gasteiger partial charge < -0.3 is 15.3 Å². The number of aliphatic hydroxyl groups is 1. The Hall–Kier alpha value is -1.07. The van der Waals surface area contributed by atoms with Crippen LogP contribution in [0.15, 0.2) is 11.1 Å². The van der Waals surface area contributed by atoms with Crippen LogP contribution in [0.2, 0.25) is 0 Å². The van der Waals surface area contributed by atoms with Crippen molar-refractivity contribution in [3.63, 3.8) is 0 Å². The van der Waals surface area contributed by atoms with Gasteiger partial charge in [-0.05, 0) is 6.08 Å². The predicted molar refractivity (Wildman–Crippen MR) is 35.2 cm³/mol. The van der Waals surface area contributed by atoms with E-state index in [1.807, 2.05) is 0 Å². The molecule has 0 aliphatic heterocycles. The number of rotatable bonds is 3. The second-order valence-corrected chi connectivity index (χ2v) is 2.01. The fourth-order valence-corrected chi connectivity index (χ4v) is 0.401. The Balaban J connectivity index is 4.31. The topological polar surface area (TPSA) is 94.8 Å². The number of aliphatic hydroxyl groups excluding tert-OH is 1. The maximum absolute atomic E-state index is 9.95. The summed E-state index contributed by atoms with van der Waals surface area (Å²) in [6, 6.07) is 0. The van der Waals surface area contributed by atoms with Crippen LogP contribution >= 0.6 is 11.6 Å². The molecule has 0 saturated heterocycles. The molecular formula is C5H5ClO5. The maximum atomic E-state index is 9.95. The smallest absolute Gasteiger partial charge is 0.347 e. The van der Waals surface area contributed by atoms with Crippen molar-refractivity contribution in [2.24, 2.45) is 0 Å². The molecule has 1 atom stereocenters. The summed E-state index contributed by atoms with van der Waals surface area (Å²) in [5.74, 6) is -3.03. The molecule has 0 rings (SSSR count). The summed E-state index contributed by atoms with van der Waals surface area (Å²) in [6.45, 7) is 0. The van der Waals surface area contributed by atoms with E-state index in [-0.39, 0.29) is 0 Å². The largest absolute Gasteiger partial charge is 0.479 e. The Morgan fingerprint density at radius 2 is 1.82 bits per heavy atom. The predicted octanol–water partition coefficient (Wildman–Crippen LogP) is -0.361. The molecule has 0 aromatic carbocycles. The molecule has 0 saturated carbocycles. The van der Waals surface area contributed by atoms with Gasteiger partial charge in [0.2, 0.25) is 0 Å². The first-order valence-electron chi connectivity index (χ1n) is 2.46. The monoisotopic (exact) mass is 180 g/mol. The van der Waals surface area contributed by atoms with Crippen molar-refractivity contribution in [3.05, 3.63) is 11.1 Å². The fourth-order valence-electron chi connectivity index (χ4n) is 0.281. The third-order valence-corrected chi connectivity index (χ3v) is 1.05. The van der Waals surface area contributed by atoms with Crippen molar-refractivity contribution in [3.8, 4) is 0 Å². The molecular weight excluding hydrogens is 176 g/mol. The molecule has 0 heterocycles. The van der Waals surface area contributed by atoms with E-state index in [1.165, 1.54) is 0 Å². The molecule has 3 N–H and O–H groups in total. The standard InChI is InChI=1S/C5H5ClO5/c6-2(4(8)9)1-3(7)5(10)11/h1,3,7H,(H,8,9)(H,10,11)/b2-1+. The lowest BCUT2D eigenvalue weighted by Crippen LogP contribution is -2.17. The van der Waals surface area contributed by atoms with Crippen LogP contribution in [0.1, 0.15) is 0 Å². The van der Waals surface area contributed by atoms with Gasteiger partial charge >= 0.3 is 11.9 Å². The second kappa shape index (κ2) is 3.95. The van der Waals surface area contributed by atoms with Crippen molar-refractivity contribution in [2.75, 3.05) is 0 Å². The maximum Gasteiger partial charge on any atom is 0.347 e. The highest BCUT2D eigenvalue weighted by Gasteiger charge is 2.13. The fraction of sp³-hybridized carbons (Fsp3) is 0.200. The number of carbonyl (C=O) groups is 2. The first kappa shape index (κ1) is 9.93. The molecule has 62 valence electrons. The third-order valence-electron chi connectivity index (χ3n) is 0.762. The molecule has 0 aliphatic carbocycles. The molecule has 0 radical (unpaired) electrons. The molecule has 0 aromatic rings. The Morgan fingerprint density at radius 3 is 2.09 bits per heavy atom. The summed E-state index contributed by atoms with van der Waals surface area (Å²) >= 11 is 4.99. The summed E-state index contributed by atoms with van der Waals surface area (Å²) in [5.41, 5.74) is 0. The summed E-state index contributed by atoms with van der Waals surface area (Å²) in [4.78, 5) is 19.9. The molecule has 0 fully saturated rings. The minimum absolute atomic E-state index is 0.520. The van der Waals surface area contributed by atoms with Gasteiger partial charge in [0.05, 0.1) is 0 Å². The Kier molecular flexibility index (Phi) is 3.56. The number of halogens is 1. The third kappa shape index (κ3) is 3.59. The SMILES string of the molecule is O=C(O)/C(Cl)=C\C(O)C(=O)O. The van der Waals surface area contributed by atoms with E-state index in [2.05, 4.69) is 0 Å². The van der Waals surface area contributed by atoms with Gasteiger partial charge in [-0.15, -0.1) is 0 Å². The van der Waals surface area contributed by atoms with Crippen LogP contribution < -0.4 is 0 Å². The second-order valence-electron chi connectivity index (χ2n) is 1.60. The highest BCUT2D eigenvalue weighted by atomic mass is 35.5. The zero-order chi connectivity index (χ0) is 9.02. The average Bonchev–Trinajstić information content (AvgIpc) is 1.87. The zero-order valence-electron chi connectivity index (χ0n) is 5.19. The summed E-state index contributed by atoms with van der Waals surface area (Å²) in [6.07, 6.45) is -1.36. The Labute approximate surface area is 66.5 Å². The van der Waals surface area contributed by atoms with E-state index in [0.717, 1.165) is 0 Å². The van der Waals surface area contributed by atoms with Gasteiger partial charge in [-0.2, -0.15) is 0 Å². The van der Waals surface area contributed by atoms with Gasteiger partial charge in [-0.1, -0.05) is 11.6 Å². The number of hydrogen-bond donors (Lipinski definition) is 3. The van der Waals surface area contributed by atoms with E-state index in [4.69, 9.17) is 26.9 Å². The normalized spacial score (nSPS) is 14.2. The first-order valence-corrected chi connectivity index (χ1v) is 2.84. The molecule has 0 spiro atoms. The average molecular weight is 181 g/mol. The van der Waals surface area contributed by atoms with Crippen molar-refractivity contribution in [1.82, 2.24) is 0 Å². The summed E-state index contributed by atoms with van der Waals surface area (Å²) in [7, 11) is 0. The van der Waals surface area contributed by atoms with E-state index in [0.29, 0.717) is 6.08 Å². The van der Waals surface area contributed by atoms with Crippen LogP contribution in [-0.4, -0.2) is 33.4 Å². The van der Waals surface area contributed by atoms with Gasteiger partial charge in [0.1, 0.15) is 5.03 Å². The highest BCUT2D eigenvalue weighted by Crippen LogP contribution is 2.02. The lowest BCUT2D eigenvalue weighted by Gasteiger charge is -1.96. The van der Waals surface area contributed by atoms with Crippen LogP contribution in [0.5, 0.6) is 0 Å². The van der Waals surface area contributed by atoms with Crippen molar-refractivity contribution < 1.29 is 24.9 Å². The van der Waals surface area contributed by atoms with Gasteiger partial charge in [0.15, 0.2) is 6.10 Å². The quantitative estimate of drug-likeness (QED) is 0.516. The van der Waals surface area contributed by atoms with E-state index in [1.54, 1.807) is 0 Å². The van der Waals surface area contributed by atoms with Crippen molar-refractivity contribution >= 4 is 23.5 Å². The van der Waals surface area contributed by atoms with Gasteiger partial charge in [-0.3, -0.25) is 0 Å². The molecule has 0 aliphatic rings. The van der Waals surface area contributed by atoms with Gasteiger partial charge in [0.25, 0.3) is 0 Å². The highest BCUT2D eigenvalue weighted by molar-refractivity contribution is 6.41. The lowest BCUT2D eigenvalue weighted by atomic mass is 10.3. The molecule has 0 aromatic heterocycles. The lowest BCUT2D eigenvalue weighted by molar-refractivity contribution is -0.144. The molecule has 0 bridgehead atoms. The van der Waals surface area contributed by atoms with Gasteiger partial charge in [-0.25, -0.2) is 9.59 Å². The Bertz CT molecular complexity index is 209. The number of hydrogen-bond acceptors (Lipinski definition) is 3. The minimum atomic E-state index is -1.88. The molecule has 6 heteroatoms. The summed E-state index contributed by atoms with van der Waals surface area (Å²) < 4.78 is 0. The Morgan fingerprint density at radius 1 is 1.36 bits per heavy atom. The van der Waals surface area contributed by atoms with Crippen molar-refractivity contribution in [1.29, 1.82) is 0 Å². The molecule has 1 unspecified atom stereocenters. The molecule has 0 amide bonds. The van der Waals surface area contributed by atoms with Crippen LogP contribution in [-0.2, 0) is 9.59 Å².